The smallest absolute Gasteiger partial charge is 0.268 e. The molecule has 2 aromatic heterocycles. The van der Waals surface area contributed by atoms with Crippen molar-refractivity contribution in [2.45, 2.75) is 39.0 Å². The van der Waals surface area contributed by atoms with E-state index in [0.29, 0.717) is 36.1 Å². The fraction of sp³-hybridized carbons (Fsp3) is 0.364. The molecule has 0 spiro atoms. The molecule has 0 radical (unpaired) electrons. The number of anilines is 1. The third-order valence-corrected chi connectivity index (χ3v) is 5.99. The number of halogens is 2. The Morgan fingerprint density at radius 2 is 2.12 bits per heavy atom. The van der Waals surface area contributed by atoms with Crippen molar-refractivity contribution in [1.82, 2.24) is 19.5 Å². The first kappa shape index (κ1) is 23.1. The number of hydrogen-bond donors (Lipinski definition) is 2. The maximum atomic E-state index is 14.2. The van der Waals surface area contributed by atoms with Crippen molar-refractivity contribution in [3.63, 3.8) is 0 Å². The number of aromatic nitrogens is 4. The van der Waals surface area contributed by atoms with Crippen LogP contribution in [0.2, 0.25) is 5.02 Å². The molecule has 1 amide bonds. The molecule has 1 aromatic carbocycles. The van der Waals surface area contributed by atoms with Crippen molar-refractivity contribution in [3.8, 4) is 5.82 Å². The largest absolute Gasteiger partial charge is 0.392 e. The van der Waals surface area contributed by atoms with E-state index in [-0.39, 0.29) is 29.9 Å². The van der Waals surface area contributed by atoms with E-state index in [1.165, 1.54) is 24.7 Å². The van der Waals surface area contributed by atoms with Gasteiger partial charge in [0.15, 0.2) is 0 Å². The fourth-order valence-corrected chi connectivity index (χ4v) is 4.19. The minimum absolute atomic E-state index is 0.0341. The topological polar surface area (TPSA) is 119 Å². The SMILES string of the molecule is Cc1cnc(N(Cc2cc(F)cc(Cl)c2CO)C2CCOCC2)nc1-n1cnc(C(N)=O)c1. The Bertz CT molecular complexity index is 1170. The Balaban J connectivity index is 1.76. The van der Waals surface area contributed by atoms with Crippen molar-refractivity contribution >= 4 is 23.5 Å². The van der Waals surface area contributed by atoms with E-state index in [4.69, 9.17) is 27.1 Å². The number of imidazole rings is 1. The predicted molar refractivity (Wildman–Crippen MR) is 120 cm³/mol. The Kier molecular flexibility index (Phi) is 6.87. The molecule has 3 heterocycles. The summed E-state index contributed by atoms with van der Waals surface area (Å²) in [5, 5.41) is 10.0. The van der Waals surface area contributed by atoms with Gasteiger partial charge in [-0.2, -0.15) is 4.98 Å². The first-order valence-electron chi connectivity index (χ1n) is 10.5. The molecule has 0 atom stereocenters. The molecule has 0 unspecified atom stereocenters. The number of ether oxygens (including phenoxy) is 1. The van der Waals surface area contributed by atoms with E-state index in [0.717, 1.165) is 18.4 Å². The lowest BCUT2D eigenvalue weighted by Gasteiger charge is -2.35. The number of primary amides is 1. The number of carbonyl (C=O) groups is 1. The van der Waals surface area contributed by atoms with Gasteiger partial charge in [0.2, 0.25) is 5.95 Å². The van der Waals surface area contributed by atoms with E-state index in [9.17, 15) is 14.3 Å². The maximum Gasteiger partial charge on any atom is 0.268 e. The van der Waals surface area contributed by atoms with Gasteiger partial charge in [0.25, 0.3) is 5.91 Å². The van der Waals surface area contributed by atoms with Crippen LogP contribution in [0.15, 0.2) is 30.9 Å². The van der Waals surface area contributed by atoms with Crippen molar-refractivity contribution in [2.75, 3.05) is 18.1 Å². The van der Waals surface area contributed by atoms with Crippen LogP contribution in [0, 0.1) is 12.7 Å². The second-order valence-electron chi connectivity index (χ2n) is 7.86. The van der Waals surface area contributed by atoms with E-state index >= 15 is 0 Å². The second kappa shape index (κ2) is 9.82. The van der Waals surface area contributed by atoms with E-state index in [2.05, 4.69) is 9.97 Å². The Morgan fingerprint density at radius 1 is 1.36 bits per heavy atom. The zero-order chi connectivity index (χ0) is 23.5. The highest BCUT2D eigenvalue weighted by atomic mass is 35.5. The minimum Gasteiger partial charge on any atom is -0.392 e. The molecular weight excluding hydrogens is 451 g/mol. The zero-order valence-electron chi connectivity index (χ0n) is 18.0. The average Bonchev–Trinajstić information content (AvgIpc) is 3.29. The first-order chi connectivity index (χ1) is 15.9. The van der Waals surface area contributed by atoms with Crippen LogP contribution in [0.25, 0.3) is 5.82 Å². The first-order valence-corrected chi connectivity index (χ1v) is 10.8. The highest BCUT2D eigenvalue weighted by Gasteiger charge is 2.26. The van der Waals surface area contributed by atoms with E-state index in [1.54, 1.807) is 10.8 Å². The molecule has 11 heteroatoms. The van der Waals surface area contributed by atoms with Crippen LogP contribution < -0.4 is 10.6 Å². The second-order valence-corrected chi connectivity index (χ2v) is 8.27. The third kappa shape index (κ3) is 4.97. The molecule has 0 aliphatic carbocycles. The zero-order valence-corrected chi connectivity index (χ0v) is 18.8. The summed E-state index contributed by atoms with van der Waals surface area (Å²) < 4.78 is 21.3. The van der Waals surface area contributed by atoms with E-state index in [1.807, 2.05) is 11.8 Å². The Labute approximate surface area is 195 Å². The summed E-state index contributed by atoms with van der Waals surface area (Å²) in [5.41, 5.74) is 7.23. The van der Waals surface area contributed by atoms with Gasteiger partial charge in [0, 0.05) is 54.3 Å². The number of aliphatic hydroxyl groups is 1. The van der Waals surface area contributed by atoms with Crippen LogP contribution >= 0.6 is 11.6 Å². The predicted octanol–water partition coefficient (Wildman–Crippen LogP) is 2.54. The van der Waals surface area contributed by atoms with Crippen LogP contribution in [0.5, 0.6) is 0 Å². The summed E-state index contributed by atoms with van der Waals surface area (Å²) >= 11 is 6.19. The number of benzene rings is 1. The molecule has 9 nitrogen and oxygen atoms in total. The van der Waals surface area contributed by atoms with Crippen molar-refractivity contribution in [3.05, 3.63) is 64.1 Å². The molecule has 4 rings (SSSR count). The van der Waals surface area contributed by atoms with Crippen molar-refractivity contribution in [2.24, 2.45) is 5.73 Å². The maximum absolute atomic E-state index is 14.2. The number of aliphatic hydroxyl groups excluding tert-OH is 1. The number of hydrogen-bond acceptors (Lipinski definition) is 7. The Hall–Kier alpha value is -3.08. The Morgan fingerprint density at radius 3 is 2.79 bits per heavy atom. The lowest BCUT2D eigenvalue weighted by molar-refractivity contribution is 0.0837. The van der Waals surface area contributed by atoms with Gasteiger partial charge < -0.3 is 20.5 Å². The highest BCUT2D eigenvalue weighted by molar-refractivity contribution is 6.31. The lowest BCUT2D eigenvalue weighted by atomic mass is 10.0. The molecule has 174 valence electrons. The van der Waals surface area contributed by atoms with Gasteiger partial charge in [-0.25, -0.2) is 14.4 Å². The van der Waals surface area contributed by atoms with Crippen LogP contribution in [-0.2, 0) is 17.9 Å². The summed E-state index contributed by atoms with van der Waals surface area (Å²) in [7, 11) is 0. The van der Waals surface area contributed by atoms with Gasteiger partial charge >= 0.3 is 0 Å². The average molecular weight is 475 g/mol. The summed E-state index contributed by atoms with van der Waals surface area (Å²) in [6, 6.07) is 2.59. The van der Waals surface area contributed by atoms with E-state index < -0.39 is 11.7 Å². The van der Waals surface area contributed by atoms with Gasteiger partial charge in [-0.15, -0.1) is 0 Å². The number of aryl methyl sites for hydroxylation is 1. The minimum atomic E-state index is -0.635. The molecule has 1 aliphatic rings. The molecule has 3 N–H and O–H groups in total. The fourth-order valence-electron chi connectivity index (χ4n) is 3.91. The number of nitrogens with two attached hydrogens (primary N) is 1. The summed E-state index contributed by atoms with van der Waals surface area (Å²) in [6.45, 7) is 2.94. The third-order valence-electron chi connectivity index (χ3n) is 5.65. The van der Waals surface area contributed by atoms with Crippen LogP contribution in [-0.4, -0.2) is 49.8 Å². The quantitative estimate of drug-likeness (QED) is 0.540. The van der Waals surface area contributed by atoms with Gasteiger partial charge in [0.1, 0.15) is 23.7 Å². The molecule has 1 saturated heterocycles. The monoisotopic (exact) mass is 474 g/mol. The van der Waals surface area contributed by atoms with Gasteiger partial charge in [-0.1, -0.05) is 11.6 Å². The molecule has 0 saturated carbocycles. The molecular formula is C22H24ClFN6O3. The normalized spacial score (nSPS) is 14.4. The van der Waals surface area contributed by atoms with Crippen LogP contribution in [0.1, 0.15) is 40.0 Å². The number of amides is 1. The van der Waals surface area contributed by atoms with Gasteiger partial charge in [-0.3, -0.25) is 9.36 Å². The lowest BCUT2D eigenvalue weighted by Crippen LogP contribution is -2.40. The van der Waals surface area contributed by atoms with Crippen molar-refractivity contribution in [1.29, 1.82) is 0 Å². The summed E-state index contributed by atoms with van der Waals surface area (Å²) in [5.74, 6) is -0.163. The molecule has 0 bridgehead atoms. The van der Waals surface area contributed by atoms with Gasteiger partial charge in [0.05, 0.1) is 6.61 Å². The standard InChI is InChI=1S/C22H24ClFN6O3/c1-13-8-26-22(28-21(13)29-10-19(20(25)32)27-12-29)30(16-2-4-33-5-3-16)9-14-6-15(24)7-18(23)17(14)11-31/h6-8,10,12,16,31H,2-5,9,11H2,1H3,(H2,25,32). The van der Waals surface area contributed by atoms with Gasteiger partial charge in [-0.05, 0) is 37.5 Å². The molecule has 1 aliphatic heterocycles. The van der Waals surface area contributed by atoms with Crippen molar-refractivity contribution < 1.29 is 19.0 Å². The van der Waals surface area contributed by atoms with Crippen LogP contribution in [0.3, 0.4) is 0 Å². The number of carbonyl (C=O) groups excluding carboxylic acids is 1. The summed E-state index contributed by atoms with van der Waals surface area (Å²) in [6.07, 6.45) is 6.13. The summed E-state index contributed by atoms with van der Waals surface area (Å²) in [4.78, 5) is 26.7. The highest BCUT2D eigenvalue weighted by Crippen LogP contribution is 2.28. The molecule has 33 heavy (non-hydrogen) atoms. The molecule has 1 fully saturated rings. The van der Waals surface area contributed by atoms with Crippen LogP contribution in [0.4, 0.5) is 10.3 Å². The molecule has 3 aromatic rings. The number of nitrogens with zero attached hydrogens (tertiary/aromatic N) is 5. The number of rotatable bonds is 7.